The third kappa shape index (κ3) is 9.12. The Labute approximate surface area is 87.5 Å². The highest BCUT2D eigenvalue weighted by Crippen LogP contribution is 2.01. The molecule has 0 rings (SSSR count). The third-order valence-electron chi connectivity index (χ3n) is 2.08. The summed E-state index contributed by atoms with van der Waals surface area (Å²) in [6, 6.07) is 0. The summed E-state index contributed by atoms with van der Waals surface area (Å²) >= 11 is 0. The zero-order valence-electron chi connectivity index (χ0n) is 9.14. The molecule has 0 bridgehead atoms. The molecule has 0 aromatic carbocycles. The Balaban J connectivity index is 3.16. The maximum atomic E-state index is 11.2. The first kappa shape index (κ1) is 13.0. The van der Waals surface area contributed by atoms with Gasteiger partial charge < -0.3 is 5.32 Å². The van der Waals surface area contributed by atoms with Crippen molar-refractivity contribution in [2.45, 2.75) is 51.9 Å². The van der Waals surface area contributed by atoms with Crippen LogP contribution in [-0.4, -0.2) is 12.5 Å². The topological polar surface area (TPSA) is 29.1 Å². The highest BCUT2D eigenvalue weighted by Gasteiger charge is 1.98. The Morgan fingerprint density at radius 3 is 2.71 bits per heavy atom. The van der Waals surface area contributed by atoms with Crippen molar-refractivity contribution in [3.05, 3.63) is 0 Å². The van der Waals surface area contributed by atoms with E-state index in [0.717, 1.165) is 32.2 Å². The Morgan fingerprint density at radius 2 is 2.07 bits per heavy atom. The molecule has 80 valence electrons. The van der Waals surface area contributed by atoms with Gasteiger partial charge in [0.05, 0.1) is 0 Å². The molecule has 1 N–H and O–H groups in total. The van der Waals surface area contributed by atoms with Crippen LogP contribution in [0.5, 0.6) is 0 Å². The van der Waals surface area contributed by atoms with Crippen LogP contribution >= 0.6 is 0 Å². The summed E-state index contributed by atoms with van der Waals surface area (Å²) in [5.41, 5.74) is 0. The highest BCUT2D eigenvalue weighted by atomic mass is 16.1. The highest BCUT2D eigenvalue weighted by molar-refractivity contribution is 5.75. The Bertz CT molecular complexity index is 181. The summed E-state index contributed by atoms with van der Waals surface area (Å²) in [4.78, 5) is 11.2. The van der Waals surface area contributed by atoms with E-state index in [1.165, 1.54) is 12.8 Å². The lowest BCUT2D eigenvalue weighted by Gasteiger charge is -2.03. The fourth-order valence-corrected chi connectivity index (χ4v) is 1.22. The van der Waals surface area contributed by atoms with E-state index in [2.05, 4.69) is 18.2 Å². The van der Waals surface area contributed by atoms with Gasteiger partial charge in [-0.2, -0.15) is 0 Å². The average Bonchev–Trinajstić information content (AvgIpc) is 2.19. The van der Waals surface area contributed by atoms with Crippen LogP contribution in [0.25, 0.3) is 0 Å². The van der Waals surface area contributed by atoms with Gasteiger partial charge in [-0.05, 0) is 12.8 Å². The summed E-state index contributed by atoms with van der Waals surface area (Å²) in [7, 11) is 0. The molecule has 0 aliphatic rings. The molecule has 2 nitrogen and oxygen atoms in total. The van der Waals surface area contributed by atoms with E-state index in [1.54, 1.807) is 0 Å². The molecule has 1 amide bonds. The lowest BCUT2D eigenvalue weighted by molar-refractivity contribution is -0.121. The normalized spacial score (nSPS) is 9.43. The van der Waals surface area contributed by atoms with Crippen molar-refractivity contribution in [2.75, 3.05) is 6.54 Å². The van der Waals surface area contributed by atoms with Crippen molar-refractivity contribution in [1.82, 2.24) is 5.32 Å². The minimum absolute atomic E-state index is 0.165. The predicted molar refractivity (Wildman–Crippen MR) is 59.8 cm³/mol. The molecule has 0 heterocycles. The van der Waals surface area contributed by atoms with Crippen LogP contribution in [0.1, 0.15) is 51.9 Å². The Kier molecular flexibility index (Phi) is 9.41. The van der Waals surface area contributed by atoms with Gasteiger partial charge in [-0.1, -0.05) is 26.2 Å². The van der Waals surface area contributed by atoms with E-state index < -0.39 is 0 Å². The molecular formula is C12H21NO. The quantitative estimate of drug-likeness (QED) is 0.468. The molecule has 0 unspecified atom stereocenters. The van der Waals surface area contributed by atoms with E-state index in [-0.39, 0.29) is 5.91 Å². The zero-order valence-corrected chi connectivity index (χ0v) is 9.14. The van der Waals surface area contributed by atoms with Gasteiger partial charge in [0.15, 0.2) is 0 Å². The van der Waals surface area contributed by atoms with Crippen LogP contribution in [0.2, 0.25) is 0 Å². The van der Waals surface area contributed by atoms with Crippen molar-refractivity contribution in [3.8, 4) is 12.3 Å². The molecule has 0 aromatic heterocycles. The number of hydrogen-bond acceptors (Lipinski definition) is 1. The van der Waals surface area contributed by atoms with E-state index in [4.69, 9.17) is 6.42 Å². The fourth-order valence-electron chi connectivity index (χ4n) is 1.22. The first-order valence-electron chi connectivity index (χ1n) is 5.51. The summed E-state index contributed by atoms with van der Waals surface area (Å²) in [5.74, 6) is 2.71. The van der Waals surface area contributed by atoms with Gasteiger partial charge in [0.2, 0.25) is 5.91 Å². The molecule has 0 radical (unpaired) electrons. The van der Waals surface area contributed by atoms with Crippen LogP contribution in [0.15, 0.2) is 0 Å². The number of nitrogens with one attached hydrogen (secondary N) is 1. The zero-order chi connectivity index (χ0) is 10.6. The average molecular weight is 195 g/mol. The monoisotopic (exact) mass is 195 g/mol. The fraction of sp³-hybridized carbons (Fsp3) is 0.750. The molecular weight excluding hydrogens is 174 g/mol. The van der Waals surface area contributed by atoms with E-state index >= 15 is 0 Å². The maximum Gasteiger partial charge on any atom is 0.219 e. The SMILES string of the molecule is C#CCCCNC(=O)CCCCCC. The number of hydrogen-bond donors (Lipinski definition) is 1. The molecule has 0 aliphatic heterocycles. The minimum atomic E-state index is 0.165. The maximum absolute atomic E-state index is 11.2. The van der Waals surface area contributed by atoms with Crippen molar-refractivity contribution < 1.29 is 4.79 Å². The Morgan fingerprint density at radius 1 is 1.29 bits per heavy atom. The van der Waals surface area contributed by atoms with E-state index in [0.29, 0.717) is 6.42 Å². The number of terminal acetylenes is 1. The number of rotatable bonds is 8. The van der Waals surface area contributed by atoms with E-state index in [9.17, 15) is 4.79 Å². The first-order chi connectivity index (χ1) is 6.81. The number of carbonyl (C=O) groups excluding carboxylic acids is 1. The molecule has 14 heavy (non-hydrogen) atoms. The molecule has 0 spiro atoms. The van der Waals surface area contributed by atoms with Crippen molar-refractivity contribution >= 4 is 5.91 Å². The van der Waals surface area contributed by atoms with Crippen molar-refractivity contribution in [1.29, 1.82) is 0 Å². The number of unbranched alkanes of at least 4 members (excludes halogenated alkanes) is 4. The summed E-state index contributed by atoms with van der Waals surface area (Å²) in [6.07, 6.45) is 12.0. The smallest absolute Gasteiger partial charge is 0.219 e. The summed E-state index contributed by atoms with van der Waals surface area (Å²) < 4.78 is 0. The predicted octanol–water partition coefficient (Wildman–Crippen LogP) is 2.49. The van der Waals surface area contributed by atoms with Crippen LogP contribution in [-0.2, 0) is 4.79 Å². The van der Waals surface area contributed by atoms with Crippen LogP contribution in [0.4, 0.5) is 0 Å². The molecule has 0 aliphatic carbocycles. The van der Waals surface area contributed by atoms with Gasteiger partial charge in [0.25, 0.3) is 0 Å². The van der Waals surface area contributed by atoms with Crippen molar-refractivity contribution in [2.24, 2.45) is 0 Å². The Hall–Kier alpha value is -0.970. The van der Waals surface area contributed by atoms with Gasteiger partial charge in [-0.3, -0.25) is 4.79 Å². The van der Waals surface area contributed by atoms with Crippen LogP contribution in [0, 0.1) is 12.3 Å². The van der Waals surface area contributed by atoms with Gasteiger partial charge in [0.1, 0.15) is 0 Å². The second kappa shape index (κ2) is 10.1. The number of amides is 1. The standard InChI is InChI=1S/C12H21NO/c1-3-5-7-8-10-12(14)13-11-9-6-4-2/h2H,3,5-11H2,1H3,(H,13,14). The third-order valence-corrected chi connectivity index (χ3v) is 2.08. The lowest BCUT2D eigenvalue weighted by Crippen LogP contribution is -2.23. The molecule has 0 saturated heterocycles. The first-order valence-corrected chi connectivity index (χ1v) is 5.51. The molecule has 2 heteroatoms. The van der Waals surface area contributed by atoms with Gasteiger partial charge in [0, 0.05) is 19.4 Å². The van der Waals surface area contributed by atoms with Gasteiger partial charge in [-0.25, -0.2) is 0 Å². The number of carbonyl (C=O) groups is 1. The summed E-state index contributed by atoms with van der Waals surface area (Å²) in [5, 5.41) is 2.86. The second-order valence-electron chi connectivity index (χ2n) is 3.47. The van der Waals surface area contributed by atoms with E-state index in [1.807, 2.05) is 0 Å². The van der Waals surface area contributed by atoms with Gasteiger partial charge >= 0.3 is 0 Å². The lowest BCUT2D eigenvalue weighted by atomic mass is 10.1. The molecule has 0 saturated carbocycles. The molecule has 0 fully saturated rings. The second-order valence-corrected chi connectivity index (χ2v) is 3.47. The van der Waals surface area contributed by atoms with Crippen LogP contribution in [0.3, 0.4) is 0 Å². The van der Waals surface area contributed by atoms with Crippen LogP contribution < -0.4 is 5.32 Å². The minimum Gasteiger partial charge on any atom is -0.356 e. The largest absolute Gasteiger partial charge is 0.356 e. The molecule has 0 atom stereocenters. The molecule has 0 aromatic rings. The van der Waals surface area contributed by atoms with Gasteiger partial charge in [-0.15, -0.1) is 12.3 Å². The summed E-state index contributed by atoms with van der Waals surface area (Å²) in [6.45, 7) is 2.89. The van der Waals surface area contributed by atoms with Crippen molar-refractivity contribution in [3.63, 3.8) is 0 Å².